The molecule has 3 aromatic carbocycles. The summed E-state index contributed by atoms with van der Waals surface area (Å²) in [5.41, 5.74) is 0.794. The lowest BCUT2D eigenvalue weighted by Gasteiger charge is -2.03. The van der Waals surface area contributed by atoms with E-state index in [4.69, 9.17) is 0 Å². The predicted octanol–water partition coefficient (Wildman–Crippen LogP) is 4.87. The largest absolute Gasteiger partial charge is 0.499 e. The van der Waals surface area contributed by atoms with Gasteiger partial charge in [-0.2, -0.15) is 0 Å². The van der Waals surface area contributed by atoms with E-state index in [2.05, 4.69) is 4.99 Å². The number of fused-ring (bicyclic) bond motifs is 2. The van der Waals surface area contributed by atoms with Crippen LogP contribution in [-0.2, 0) is 0 Å². The Morgan fingerprint density at radius 2 is 1.58 bits per heavy atom. The number of benzene rings is 3. The fourth-order valence-corrected chi connectivity index (χ4v) is 3.59. The molecule has 4 aromatic rings. The molecule has 24 heavy (non-hydrogen) atoms. The Bertz CT molecular complexity index is 1140. The standard InChI is InChI=1S/C20H13NO2S/c22-19-15-9-3-4-11-18(15)24-20(23)16(19)12-21-17-10-5-7-13-6-1-2-8-14(13)17/h1-12,23H. The van der Waals surface area contributed by atoms with Crippen molar-refractivity contribution in [3.8, 4) is 5.06 Å². The minimum Gasteiger partial charge on any atom is -0.499 e. The molecule has 0 saturated carbocycles. The van der Waals surface area contributed by atoms with Crippen LogP contribution < -0.4 is 5.43 Å². The Labute approximate surface area is 142 Å². The van der Waals surface area contributed by atoms with Crippen LogP contribution in [0.1, 0.15) is 5.56 Å². The molecule has 0 unspecified atom stereocenters. The smallest absolute Gasteiger partial charge is 0.200 e. The molecule has 1 N–H and O–H groups in total. The summed E-state index contributed by atoms with van der Waals surface area (Å²) in [6.45, 7) is 0. The topological polar surface area (TPSA) is 49.7 Å². The van der Waals surface area contributed by atoms with E-state index in [-0.39, 0.29) is 16.1 Å². The van der Waals surface area contributed by atoms with Crippen LogP contribution in [0.4, 0.5) is 5.69 Å². The Balaban J connectivity index is 1.87. The zero-order valence-electron chi connectivity index (χ0n) is 12.6. The van der Waals surface area contributed by atoms with E-state index in [9.17, 15) is 9.90 Å². The number of nitrogens with zero attached hydrogens (tertiary/aromatic N) is 1. The molecule has 0 spiro atoms. The van der Waals surface area contributed by atoms with E-state index >= 15 is 0 Å². The maximum Gasteiger partial charge on any atom is 0.200 e. The van der Waals surface area contributed by atoms with E-state index < -0.39 is 0 Å². The van der Waals surface area contributed by atoms with Gasteiger partial charge in [-0.05, 0) is 23.6 Å². The molecule has 4 rings (SSSR count). The summed E-state index contributed by atoms with van der Waals surface area (Å²) in [5, 5.41) is 12.9. The van der Waals surface area contributed by atoms with Gasteiger partial charge >= 0.3 is 0 Å². The molecule has 0 bridgehead atoms. The maximum absolute atomic E-state index is 12.6. The van der Waals surface area contributed by atoms with Crippen LogP contribution in [0, 0.1) is 0 Å². The van der Waals surface area contributed by atoms with Crippen LogP contribution in [-0.4, -0.2) is 11.3 Å². The third-order valence-electron chi connectivity index (χ3n) is 3.91. The van der Waals surface area contributed by atoms with E-state index in [1.54, 1.807) is 6.07 Å². The van der Waals surface area contributed by atoms with Gasteiger partial charge in [0.15, 0.2) is 5.06 Å². The van der Waals surface area contributed by atoms with Gasteiger partial charge in [-0.1, -0.05) is 59.9 Å². The molecule has 0 aliphatic heterocycles. The van der Waals surface area contributed by atoms with Gasteiger partial charge in [-0.25, -0.2) is 0 Å². The molecule has 0 atom stereocenters. The fraction of sp³-hybridized carbons (Fsp3) is 0. The van der Waals surface area contributed by atoms with E-state index in [0.29, 0.717) is 5.39 Å². The monoisotopic (exact) mass is 331 g/mol. The first-order chi connectivity index (χ1) is 11.7. The Hall–Kier alpha value is -2.98. The van der Waals surface area contributed by atoms with Gasteiger partial charge in [-0.3, -0.25) is 9.79 Å². The van der Waals surface area contributed by atoms with Gasteiger partial charge in [0.05, 0.1) is 11.3 Å². The third kappa shape index (κ3) is 2.47. The number of hydrogen-bond donors (Lipinski definition) is 1. The summed E-state index contributed by atoms with van der Waals surface area (Å²) in [6, 6.07) is 21.0. The van der Waals surface area contributed by atoms with Crippen molar-refractivity contribution in [1.82, 2.24) is 0 Å². The fourth-order valence-electron chi connectivity index (χ4n) is 2.71. The van der Waals surface area contributed by atoms with Gasteiger partial charge in [0.1, 0.15) is 0 Å². The van der Waals surface area contributed by atoms with Crippen LogP contribution in [0.3, 0.4) is 0 Å². The summed E-state index contributed by atoms with van der Waals surface area (Å²) in [6.07, 6.45) is 1.46. The summed E-state index contributed by atoms with van der Waals surface area (Å²) < 4.78 is 0.766. The van der Waals surface area contributed by atoms with E-state index in [1.165, 1.54) is 17.6 Å². The molecule has 116 valence electrons. The van der Waals surface area contributed by atoms with E-state index in [1.807, 2.05) is 60.7 Å². The zero-order chi connectivity index (χ0) is 16.5. The molecule has 1 aromatic heterocycles. The lowest BCUT2D eigenvalue weighted by molar-refractivity contribution is 0.489. The SMILES string of the molecule is O=c1c(C=Nc2cccc3ccccc23)c(O)sc2ccccc12. The van der Waals surface area contributed by atoms with Crippen LogP contribution in [0.2, 0.25) is 0 Å². The number of aromatic hydroxyl groups is 1. The minimum atomic E-state index is -0.203. The second kappa shape index (κ2) is 5.91. The van der Waals surface area contributed by atoms with Gasteiger partial charge < -0.3 is 5.11 Å². The van der Waals surface area contributed by atoms with Crippen LogP contribution in [0.25, 0.3) is 20.9 Å². The first-order valence-corrected chi connectivity index (χ1v) is 8.32. The van der Waals surface area contributed by atoms with Gasteiger partial charge in [0.2, 0.25) is 5.43 Å². The van der Waals surface area contributed by atoms with Gasteiger partial charge in [0, 0.05) is 21.7 Å². The predicted molar refractivity (Wildman–Crippen MR) is 101 cm³/mol. The maximum atomic E-state index is 12.6. The molecule has 4 heteroatoms. The number of aliphatic imine (C=N–C) groups is 1. The second-order valence-corrected chi connectivity index (χ2v) is 6.43. The summed E-state index contributed by atoms with van der Waals surface area (Å²) in [7, 11) is 0. The van der Waals surface area contributed by atoms with Gasteiger partial charge in [0.25, 0.3) is 0 Å². The zero-order valence-corrected chi connectivity index (χ0v) is 13.5. The molecular weight excluding hydrogens is 318 g/mol. The molecule has 1 heterocycles. The van der Waals surface area contributed by atoms with Crippen LogP contribution in [0.15, 0.2) is 76.5 Å². The molecule has 3 nitrogen and oxygen atoms in total. The third-order valence-corrected chi connectivity index (χ3v) is 4.90. The second-order valence-electron chi connectivity index (χ2n) is 5.40. The van der Waals surface area contributed by atoms with Crippen molar-refractivity contribution in [2.45, 2.75) is 0 Å². The Morgan fingerprint density at radius 3 is 2.46 bits per heavy atom. The lowest BCUT2D eigenvalue weighted by Crippen LogP contribution is -2.07. The summed E-state index contributed by atoms with van der Waals surface area (Å²) >= 11 is 1.19. The average molecular weight is 331 g/mol. The molecule has 0 aliphatic rings. The van der Waals surface area contributed by atoms with Crippen molar-refractivity contribution in [2.24, 2.45) is 4.99 Å². The van der Waals surface area contributed by atoms with Crippen molar-refractivity contribution in [2.75, 3.05) is 0 Å². The summed E-state index contributed by atoms with van der Waals surface area (Å²) in [5.74, 6) is 0. The Morgan fingerprint density at radius 1 is 0.875 bits per heavy atom. The average Bonchev–Trinajstić information content (AvgIpc) is 2.61. The molecule has 0 fully saturated rings. The van der Waals surface area contributed by atoms with Gasteiger partial charge in [-0.15, -0.1) is 0 Å². The molecule has 0 aliphatic carbocycles. The highest BCUT2D eigenvalue weighted by Crippen LogP contribution is 2.28. The Kier molecular flexibility index (Phi) is 3.59. The van der Waals surface area contributed by atoms with Crippen molar-refractivity contribution in [3.63, 3.8) is 0 Å². The quantitative estimate of drug-likeness (QED) is 0.533. The highest BCUT2D eigenvalue weighted by molar-refractivity contribution is 7.20. The van der Waals surface area contributed by atoms with Crippen LogP contribution >= 0.6 is 11.3 Å². The lowest BCUT2D eigenvalue weighted by atomic mass is 10.1. The number of hydrogen-bond acceptors (Lipinski definition) is 4. The van der Waals surface area contributed by atoms with Crippen LogP contribution in [0.5, 0.6) is 5.06 Å². The van der Waals surface area contributed by atoms with Crippen molar-refractivity contribution in [3.05, 3.63) is 82.5 Å². The normalized spacial score (nSPS) is 11.5. The molecule has 0 amide bonds. The first kappa shape index (κ1) is 14.6. The number of rotatable bonds is 2. The minimum absolute atomic E-state index is 0.0114. The first-order valence-electron chi connectivity index (χ1n) is 7.51. The highest BCUT2D eigenvalue weighted by Gasteiger charge is 2.10. The molecule has 0 radical (unpaired) electrons. The summed E-state index contributed by atoms with van der Waals surface area (Å²) in [4.78, 5) is 17.0. The molecular formula is C20H13NO2S. The molecule has 0 saturated heterocycles. The highest BCUT2D eigenvalue weighted by atomic mass is 32.1. The van der Waals surface area contributed by atoms with Crippen molar-refractivity contribution in [1.29, 1.82) is 0 Å². The van der Waals surface area contributed by atoms with E-state index in [0.717, 1.165) is 21.2 Å². The van der Waals surface area contributed by atoms with Crippen molar-refractivity contribution < 1.29 is 5.11 Å². The van der Waals surface area contributed by atoms with Crippen molar-refractivity contribution >= 4 is 44.1 Å².